The lowest BCUT2D eigenvalue weighted by Crippen LogP contribution is -2.28. The number of hydrogen-bond donors (Lipinski definition) is 2. The molecule has 1 unspecified atom stereocenters. The molecule has 1 aromatic rings. The monoisotopic (exact) mass is 260 g/mol. The fourth-order valence-corrected chi connectivity index (χ4v) is 2.86. The highest BCUT2D eigenvalue weighted by atomic mass is 15.2. The van der Waals surface area contributed by atoms with Crippen LogP contribution >= 0.6 is 0 Å². The van der Waals surface area contributed by atoms with Crippen molar-refractivity contribution in [3.8, 4) is 0 Å². The molecular formula is C15H24N4. The first-order valence-corrected chi connectivity index (χ1v) is 7.14. The van der Waals surface area contributed by atoms with Crippen molar-refractivity contribution in [3.63, 3.8) is 0 Å². The summed E-state index contributed by atoms with van der Waals surface area (Å²) in [6.45, 7) is 6.64. The van der Waals surface area contributed by atoms with E-state index >= 15 is 0 Å². The summed E-state index contributed by atoms with van der Waals surface area (Å²) in [7, 11) is 0. The van der Waals surface area contributed by atoms with Crippen molar-refractivity contribution in [2.24, 2.45) is 17.6 Å². The van der Waals surface area contributed by atoms with E-state index in [2.05, 4.69) is 23.7 Å². The Labute approximate surface area is 115 Å². The van der Waals surface area contributed by atoms with Crippen LogP contribution in [-0.4, -0.2) is 23.9 Å². The van der Waals surface area contributed by atoms with E-state index < -0.39 is 0 Å². The number of nitrogens with zero attached hydrogens (tertiary/aromatic N) is 2. The lowest BCUT2D eigenvalue weighted by molar-refractivity contribution is 0.351. The smallest absolute Gasteiger partial charge is 0.139 e. The topological polar surface area (TPSA) is 66.0 Å². The second-order valence-corrected chi connectivity index (χ2v) is 5.71. The van der Waals surface area contributed by atoms with E-state index in [1.807, 2.05) is 12.1 Å². The van der Waals surface area contributed by atoms with Crippen LogP contribution in [0.25, 0.3) is 0 Å². The number of amidine groups is 1. The molecule has 19 heavy (non-hydrogen) atoms. The first kappa shape index (κ1) is 13.8. The molecule has 1 aromatic heterocycles. The molecule has 3 N–H and O–H groups in total. The molecule has 4 nitrogen and oxygen atoms in total. The molecule has 0 spiro atoms. The molecule has 2 heterocycles. The molecule has 0 aliphatic carbocycles. The van der Waals surface area contributed by atoms with Crippen LogP contribution < -0.4 is 10.6 Å². The van der Waals surface area contributed by atoms with Crippen LogP contribution in [0.15, 0.2) is 18.3 Å². The van der Waals surface area contributed by atoms with Crippen molar-refractivity contribution in [3.05, 3.63) is 23.9 Å². The summed E-state index contributed by atoms with van der Waals surface area (Å²) in [6, 6.07) is 3.73. The molecule has 1 saturated heterocycles. The van der Waals surface area contributed by atoms with Crippen molar-refractivity contribution in [2.75, 3.05) is 18.0 Å². The fraction of sp³-hybridized carbons (Fsp3) is 0.600. The van der Waals surface area contributed by atoms with Crippen molar-refractivity contribution >= 4 is 11.7 Å². The molecular weight excluding hydrogens is 236 g/mol. The van der Waals surface area contributed by atoms with Crippen LogP contribution in [-0.2, 0) is 0 Å². The molecule has 1 fully saturated rings. The Morgan fingerprint density at radius 3 is 2.89 bits per heavy atom. The number of nitrogens with two attached hydrogens (primary N) is 1. The summed E-state index contributed by atoms with van der Waals surface area (Å²) in [6.07, 6.45) is 5.46. The zero-order chi connectivity index (χ0) is 13.8. The van der Waals surface area contributed by atoms with Gasteiger partial charge in [0.15, 0.2) is 0 Å². The van der Waals surface area contributed by atoms with Gasteiger partial charge < -0.3 is 10.6 Å². The highest BCUT2D eigenvalue weighted by molar-refractivity contribution is 5.99. The minimum absolute atomic E-state index is 0.104. The summed E-state index contributed by atoms with van der Waals surface area (Å²) < 4.78 is 0. The summed E-state index contributed by atoms with van der Waals surface area (Å²) >= 11 is 0. The van der Waals surface area contributed by atoms with Crippen LogP contribution in [0.2, 0.25) is 0 Å². The van der Waals surface area contributed by atoms with Crippen LogP contribution in [0, 0.1) is 17.2 Å². The number of aromatic nitrogens is 1. The van der Waals surface area contributed by atoms with E-state index in [0.29, 0.717) is 0 Å². The summed E-state index contributed by atoms with van der Waals surface area (Å²) in [5.74, 6) is 2.53. The molecule has 0 bridgehead atoms. The van der Waals surface area contributed by atoms with E-state index in [4.69, 9.17) is 11.1 Å². The van der Waals surface area contributed by atoms with Crippen molar-refractivity contribution in [2.45, 2.75) is 33.1 Å². The van der Waals surface area contributed by atoms with Gasteiger partial charge in [-0.3, -0.25) is 5.41 Å². The Balaban J connectivity index is 2.16. The molecule has 2 rings (SSSR count). The van der Waals surface area contributed by atoms with Gasteiger partial charge in [-0.15, -0.1) is 0 Å². The average molecular weight is 260 g/mol. The molecule has 1 aliphatic rings. The zero-order valence-electron chi connectivity index (χ0n) is 11.9. The third-order valence-electron chi connectivity index (χ3n) is 4.09. The lowest BCUT2D eigenvalue weighted by atomic mass is 9.89. The first-order valence-electron chi connectivity index (χ1n) is 7.14. The molecule has 1 atom stereocenters. The molecule has 0 aromatic carbocycles. The SMILES string of the molecule is CC(C)C1CCCN(c2ncccc2C(=N)N)CC1. The van der Waals surface area contributed by atoms with Gasteiger partial charge in [0.2, 0.25) is 0 Å². The summed E-state index contributed by atoms with van der Waals surface area (Å²) in [5, 5.41) is 7.67. The van der Waals surface area contributed by atoms with Gasteiger partial charge in [0.05, 0.1) is 5.56 Å². The molecule has 4 heteroatoms. The Kier molecular flexibility index (Phi) is 4.40. The Morgan fingerprint density at radius 2 is 2.21 bits per heavy atom. The molecule has 0 amide bonds. The van der Waals surface area contributed by atoms with Crippen LogP contribution in [0.4, 0.5) is 5.82 Å². The summed E-state index contributed by atoms with van der Waals surface area (Å²) in [4.78, 5) is 6.73. The lowest BCUT2D eigenvalue weighted by Gasteiger charge is -2.24. The van der Waals surface area contributed by atoms with Crippen molar-refractivity contribution < 1.29 is 0 Å². The number of nitrogens with one attached hydrogen (secondary N) is 1. The Morgan fingerprint density at radius 1 is 1.42 bits per heavy atom. The molecule has 104 valence electrons. The van der Waals surface area contributed by atoms with Crippen LogP contribution in [0.1, 0.15) is 38.7 Å². The highest BCUT2D eigenvalue weighted by Gasteiger charge is 2.21. The third-order valence-corrected chi connectivity index (χ3v) is 4.09. The van der Waals surface area contributed by atoms with Gasteiger partial charge in [0.25, 0.3) is 0 Å². The Bertz CT molecular complexity index is 442. The minimum Gasteiger partial charge on any atom is -0.384 e. The second kappa shape index (κ2) is 6.04. The molecule has 1 aliphatic heterocycles. The van der Waals surface area contributed by atoms with E-state index in [0.717, 1.165) is 36.3 Å². The van der Waals surface area contributed by atoms with Gasteiger partial charge in [-0.25, -0.2) is 4.98 Å². The zero-order valence-corrected chi connectivity index (χ0v) is 11.9. The minimum atomic E-state index is 0.104. The predicted octanol–water partition coefficient (Wildman–Crippen LogP) is 2.63. The maximum absolute atomic E-state index is 7.67. The maximum atomic E-state index is 7.67. The quantitative estimate of drug-likeness (QED) is 0.648. The van der Waals surface area contributed by atoms with Gasteiger partial charge in [0, 0.05) is 19.3 Å². The normalized spacial score (nSPS) is 20.4. The van der Waals surface area contributed by atoms with E-state index in [1.54, 1.807) is 6.20 Å². The standard InChI is InChI=1S/C15H24N4/c1-11(2)12-5-4-9-19(10-7-12)15-13(14(16)17)6-3-8-18-15/h3,6,8,11-12H,4-5,7,9-10H2,1-2H3,(H3,16,17). The largest absolute Gasteiger partial charge is 0.384 e. The van der Waals surface area contributed by atoms with Crippen LogP contribution in [0.3, 0.4) is 0 Å². The first-order chi connectivity index (χ1) is 9.09. The molecule has 0 saturated carbocycles. The van der Waals surface area contributed by atoms with Crippen molar-refractivity contribution in [1.82, 2.24) is 4.98 Å². The average Bonchev–Trinajstić information content (AvgIpc) is 2.64. The van der Waals surface area contributed by atoms with Gasteiger partial charge in [0.1, 0.15) is 11.7 Å². The molecule has 0 radical (unpaired) electrons. The van der Waals surface area contributed by atoms with E-state index in [-0.39, 0.29) is 5.84 Å². The maximum Gasteiger partial charge on any atom is 0.139 e. The van der Waals surface area contributed by atoms with Gasteiger partial charge in [-0.1, -0.05) is 13.8 Å². The number of hydrogen-bond acceptors (Lipinski definition) is 3. The second-order valence-electron chi connectivity index (χ2n) is 5.71. The van der Waals surface area contributed by atoms with Gasteiger partial charge in [-0.2, -0.15) is 0 Å². The van der Waals surface area contributed by atoms with Gasteiger partial charge >= 0.3 is 0 Å². The third kappa shape index (κ3) is 3.25. The number of rotatable bonds is 3. The predicted molar refractivity (Wildman–Crippen MR) is 79.6 cm³/mol. The van der Waals surface area contributed by atoms with Gasteiger partial charge in [-0.05, 0) is 43.2 Å². The summed E-state index contributed by atoms with van der Waals surface area (Å²) in [5.41, 5.74) is 6.41. The fourth-order valence-electron chi connectivity index (χ4n) is 2.86. The van der Waals surface area contributed by atoms with E-state index in [1.165, 1.54) is 19.3 Å². The van der Waals surface area contributed by atoms with Crippen LogP contribution in [0.5, 0.6) is 0 Å². The Hall–Kier alpha value is -1.58. The number of nitrogen functional groups attached to an aromatic ring is 1. The van der Waals surface area contributed by atoms with E-state index in [9.17, 15) is 0 Å². The number of pyridine rings is 1. The number of anilines is 1. The van der Waals surface area contributed by atoms with Crippen molar-refractivity contribution in [1.29, 1.82) is 5.41 Å². The highest BCUT2D eigenvalue weighted by Crippen LogP contribution is 2.27.